The van der Waals surface area contributed by atoms with Crippen molar-refractivity contribution in [3.8, 4) is 28.7 Å². The van der Waals surface area contributed by atoms with Crippen LogP contribution in [0.3, 0.4) is 0 Å². The van der Waals surface area contributed by atoms with Crippen LogP contribution in [0.5, 0.6) is 28.7 Å². The third-order valence-corrected chi connectivity index (χ3v) is 20.9. The number of methoxy groups -OCH3 is 3. The second-order valence-electron chi connectivity index (χ2n) is 18.8. The van der Waals surface area contributed by atoms with Crippen LogP contribution in [-0.2, 0) is 47.6 Å². The first kappa shape index (κ1) is 45.4. The maximum atomic E-state index is 13.5. The summed E-state index contributed by atoms with van der Waals surface area (Å²) in [5.74, 6) is -0.581. The van der Waals surface area contributed by atoms with Gasteiger partial charge < -0.3 is 62.7 Å². The monoisotopic (exact) mass is 880 g/mol. The van der Waals surface area contributed by atoms with Gasteiger partial charge >= 0.3 is 0 Å². The van der Waals surface area contributed by atoms with Crippen LogP contribution in [-0.4, -0.2) is 102 Å². The molecule has 1 fully saturated rings. The van der Waals surface area contributed by atoms with Crippen molar-refractivity contribution < 1.29 is 62.7 Å². The SMILES string of the molecule is COc1c2c(cc3c1C1(OCCO1)[C@H]1C[C@]3(O)c3c1c(OCCO)c1c(OC)c4c(c(OC)c1c3O)C[C@H](CCO[Si](C(C)C)(C(C)C)C(C)C)O[C@H]4C)C[C@H](CCO)O[C@H]2C. The molecule has 2 bridgehead atoms. The molecule has 1 spiro atoms. The Bertz CT molecular complexity index is 2160. The highest BCUT2D eigenvalue weighted by molar-refractivity contribution is 6.77. The fourth-order valence-corrected chi connectivity index (χ4v) is 18.2. The van der Waals surface area contributed by atoms with Gasteiger partial charge in [-0.25, -0.2) is 0 Å². The van der Waals surface area contributed by atoms with Crippen LogP contribution in [0.4, 0.5) is 0 Å². The molecule has 8 rings (SSSR count). The summed E-state index contributed by atoms with van der Waals surface area (Å²) in [4.78, 5) is 0. The van der Waals surface area contributed by atoms with Crippen molar-refractivity contribution in [1.29, 1.82) is 0 Å². The Morgan fingerprint density at radius 2 is 1.34 bits per heavy atom. The van der Waals surface area contributed by atoms with Gasteiger partial charge in [0.2, 0.25) is 5.79 Å². The Kier molecular flexibility index (Phi) is 12.4. The summed E-state index contributed by atoms with van der Waals surface area (Å²) >= 11 is 0. The molecule has 5 aliphatic rings. The fraction of sp³-hybridized carbons (Fsp3) is 0.667. The number of phenols is 1. The summed E-state index contributed by atoms with van der Waals surface area (Å²) in [5.41, 5.74) is 4.75. The van der Waals surface area contributed by atoms with Crippen LogP contribution in [0.25, 0.3) is 10.8 Å². The number of hydrogen-bond donors (Lipinski definition) is 4. The molecule has 3 aliphatic heterocycles. The molecule has 6 atom stereocenters. The normalized spacial score (nSPS) is 26.0. The summed E-state index contributed by atoms with van der Waals surface area (Å²) in [5, 5.41) is 47.5. The maximum absolute atomic E-state index is 13.5. The second-order valence-corrected chi connectivity index (χ2v) is 24.3. The quantitative estimate of drug-likeness (QED) is 0.109. The molecule has 0 aromatic heterocycles. The van der Waals surface area contributed by atoms with Crippen molar-refractivity contribution in [2.75, 3.05) is 61.0 Å². The standard InChI is InChI=1S/C48H68O13Si/c1-24(2)62(25(3)4,26(5)6)59-16-13-31-22-32-36(28(8)61-31)44(54-10)39-38(43(32)53-9)42(51)41-37(45(39)56-17-15-50)34-23-47(41,52)33-21-29-20-30(12-14-49)60-27(7)35(29)46(55-11)40(33)48(34)57-18-19-58-48/h21,24-28,30-31,34,49-52H,12-20,22-23H2,1-11H3/t27-,28-,30-,31-,34-,47+/m0/s1. The van der Waals surface area contributed by atoms with E-state index in [0.717, 1.165) is 22.3 Å². The van der Waals surface area contributed by atoms with Crippen molar-refractivity contribution in [1.82, 2.24) is 0 Å². The highest BCUT2D eigenvalue weighted by Crippen LogP contribution is 2.71. The van der Waals surface area contributed by atoms with E-state index in [2.05, 4.69) is 41.5 Å². The molecular formula is C48H68O13Si. The summed E-state index contributed by atoms with van der Waals surface area (Å²) in [6.45, 7) is 18.4. The Morgan fingerprint density at radius 3 is 1.92 bits per heavy atom. The molecule has 13 nitrogen and oxygen atoms in total. The second kappa shape index (κ2) is 17.0. The number of benzene rings is 3. The first-order valence-electron chi connectivity index (χ1n) is 22.6. The van der Waals surface area contributed by atoms with Gasteiger partial charge in [-0.15, -0.1) is 0 Å². The van der Waals surface area contributed by atoms with Gasteiger partial charge in [0, 0.05) is 53.0 Å². The van der Waals surface area contributed by atoms with E-state index in [9.17, 15) is 20.4 Å². The van der Waals surface area contributed by atoms with E-state index in [1.165, 1.54) is 0 Å². The van der Waals surface area contributed by atoms with Gasteiger partial charge in [-0.3, -0.25) is 0 Å². The Hall–Kier alpha value is -3.18. The van der Waals surface area contributed by atoms with E-state index in [1.54, 1.807) is 21.3 Å². The molecule has 0 unspecified atom stereocenters. The third-order valence-electron chi connectivity index (χ3n) is 14.8. The van der Waals surface area contributed by atoms with E-state index in [0.29, 0.717) is 99.4 Å². The lowest BCUT2D eigenvalue weighted by Gasteiger charge is -2.45. The zero-order chi connectivity index (χ0) is 44.6. The number of fused-ring (bicyclic) bond motifs is 7. The Balaban J connectivity index is 1.35. The molecule has 0 saturated carbocycles. The van der Waals surface area contributed by atoms with Gasteiger partial charge in [-0.05, 0) is 61.7 Å². The highest BCUT2D eigenvalue weighted by atomic mass is 28.4. The lowest BCUT2D eigenvalue weighted by Crippen LogP contribution is -2.48. The smallest absolute Gasteiger partial charge is 0.206 e. The van der Waals surface area contributed by atoms with E-state index < -0.39 is 37.8 Å². The van der Waals surface area contributed by atoms with Crippen LogP contribution in [0.2, 0.25) is 16.6 Å². The number of rotatable bonds is 15. The Labute approximate surface area is 367 Å². The first-order chi connectivity index (χ1) is 29.6. The predicted octanol–water partition coefficient (Wildman–Crippen LogP) is 7.85. The topological polar surface area (TPSA) is 164 Å². The maximum Gasteiger partial charge on any atom is 0.206 e. The number of ether oxygens (including phenoxy) is 8. The molecule has 4 N–H and O–H groups in total. The third kappa shape index (κ3) is 6.52. The van der Waals surface area contributed by atoms with Crippen LogP contribution in [0, 0.1) is 0 Å². The lowest BCUT2D eigenvalue weighted by molar-refractivity contribution is -0.199. The summed E-state index contributed by atoms with van der Waals surface area (Å²) in [7, 11) is 2.67. The molecule has 3 aromatic carbocycles. The van der Waals surface area contributed by atoms with Crippen LogP contribution < -0.4 is 18.9 Å². The van der Waals surface area contributed by atoms with Crippen LogP contribution >= 0.6 is 0 Å². The van der Waals surface area contributed by atoms with Gasteiger partial charge in [0.25, 0.3) is 0 Å². The fourth-order valence-electron chi connectivity index (χ4n) is 12.7. The van der Waals surface area contributed by atoms with E-state index in [4.69, 9.17) is 42.3 Å². The van der Waals surface area contributed by atoms with Gasteiger partial charge in [0.15, 0.2) is 8.32 Å². The molecule has 3 aromatic rings. The van der Waals surface area contributed by atoms with Gasteiger partial charge in [-0.2, -0.15) is 0 Å². The predicted molar refractivity (Wildman–Crippen MR) is 236 cm³/mol. The van der Waals surface area contributed by atoms with Crippen molar-refractivity contribution >= 4 is 19.1 Å². The average molecular weight is 881 g/mol. The van der Waals surface area contributed by atoms with E-state index >= 15 is 0 Å². The first-order valence-corrected chi connectivity index (χ1v) is 24.8. The summed E-state index contributed by atoms with van der Waals surface area (Å²) < 4.78 is 59.3. The summed E-state index contributed by atoms with van der Waals surface area (Å²) in [6.07, 6.45) is 0.898. The van der Waals surface area contributed by atoms with Crippen LogP contribution in [0.1, 0.15) is 137 Å². The number of aliphatic hydroxyl groups is 3. The van der Waals surface area contributed by atoms with E-state index in [-0.39, 0.29) is 63.0 Å². The molecule has 14 heteroatoms. The van der Waals surface area contributed by atoms with E-state index in [1.807, 2.05) is 19.9 Å². The molecular weight excluding hydrogens is 813 g/mol. The molecule has 3 heterocycles. The summed E-state index contributed by atoms with van der Waals surface area (Å²) in [6, 6.07) is 1.98. The van der Waals surface area contributed by atoms with Crippen molar-refractivity contribution in [2.24, 2.45) is 0 Å². The van der Waals surface area contributed by atoms with Gasteiger partial charge in [0.05, 0.1) is 87.8 Å². The molecule has 1 saturated heterocycles. The number of aliphatic hydroxyl groups excluding tert-OH is 2. The molecule has 0 radical (unpaired) electrons. The number of phenolic OH excluding ortho intramolecular Hbond substituents is 1. The molecule has 342 valence electrons. The zero-order valence-electron chi connectivity index (χ0n) is 38.4. The van der Waals surface area contributed by atoms with Crippen molar-refractivity contribution in [2.45, 2.75) is 146 Å². The highest BCUT2D eigenvalue weighted by Gasteiger charge is 2.66. The number of aromatic hydroxyl groups is 1. The van der Waals surface area contributed by atoms with Gasteiger partial charge in [0.1, 0.15) is 41.0 Å². The van der Waals surface area contributed by atoms with Gasteiger partial charge in [-0.1, -0.05) is 47.6 Å². The largest absolute Gasteiger partial charge is 0.507 e. The molecule has 2 aliphatic carbocycles. The van der Waals surface area contributed by atoms with Crippen LogP contribution in [0.15, 0.2) is 6.07 Å². The minimum atomic E-state index is -2.12. The minimum absolute atomic E-state index is 0.0266. The average Bonchev–Trinajstić information content (AvgIpc) is 3.83. The zero-order valence-corrected chi connectivity index (χ0v) is 39.4. The number of hydrogen-bond acceptors (Lipinski definition) is 13. The molecule has 0 amide bonds. The Morgan fingerprint density at radius 1 is 0.726 bits per heavy atom. The van der Waals surface area contributed by atoms with Crippen molar-refractivity contribution in [3.63, 3.8) is 0 Å². The molecule has 62 heavy (non-hydrogen) atoms. The van der Waals surface area contributed by atoms with Crippen molar-refractivity contribution in [3.05, 3.63) is 50.6 Å². The lowest BCUT2D eigenvalue weighted by atomic mass is 9.71. The minimum Gasteiger partial charge on any atom is -0.507 e.